The third-order valence-corrected chi connectivity index (χ3v) is 6.95. The van der Waals surface area contributed by atoms with Crippen LogP contribution in [-0.2, 0) is 13.1 Å². The van der Waals surface area contributed by atoms with Crippen LogP contribution in [0.5, 0.6) is 5.75 Å². The second kappa shape index (κ2) is 10.4. The zero-order valence-electron chi connectivity index (χ0n) is 20.1. The molecule has 6 nitrogen and oxygen atoms in total. The van der Waals surface area contributed by atoms with E-state index in [1.807, 2.05) is 0 Å². The summed E-state index contributed by atoms with van der Waals surface area (Å²) in [6.45, 7) is 6.95. The number of carbonyl (C=O) groups is 2. The van der Waals surface area contributed by atoms with Crippen molar-refractivity contribution in [2.45, 2.75) is 53.1 Å². The Morgan fingerprint density at radius 3 is 2.11 bits per heavy atom. The number of benzene rings is 2. The summed E-state index contributed by atoms with van der Waals surface area (Å²) in [6, 6.07) is 9.93. The lowest BCUT2D eigenvalue weighted by molar-refractivity contribution is 0.0636. The van der Waals surface area contributed by atoms with E-state index in [1.165, 1.54) is 4.90 Å². The van der Waals surface area contributed by atoms with Crippen molar-refractivity contribution < 1.29 is 14.3 Å². The summed E-state index contributed by atoms with van der Waals surface area (Å²) >= 11 is 12.6. The molecular weight excluding hydrogens is 487 g/mol. The first-order chi connectivity index (χ1) is 16.7. The van der Waals surface area contributed by atoms with Gasteiger partial charge in [0, 0.05) is 11.9 Å². The Labute approximate surface area is 214 Å². The van der Waals surface area contributed by atoms with Gasteiger partial charge in [-0.3, -0.25) is 19.3 Å². The van der Waals surface area contributed by atoms with E-state index >= 15 is 0 Å². The van der Waals surface area contributed by atoms with E-state index in [2.05, 4.69) is 20.8 Å². The minimum absolute atomic E-state index is 0.0860. The third kappa shape index (κ3) is 4.82. The summed E-state index contributed by atoms with van der Waals surface area (Å²) in [7, 11) is 0. The number of aromatic nitrogens is 1. The fourth-order valence-corrected chi connectivity index (χ4v) is 4.58. The van der Waals surface area contributed by atoms with Gasteiger partial charge in [-0.15, -0.1) is 0 Å². The maximum Gasteiger partial charge on any atom is 0.261 e. The highest BCUT2D eigenvalue weighted by molar-refractivity contribution is 6.42. The van der Waals surface area contributed by atoms with Crippen molar-refractivity contribution in [2.75, 3.05) is 6.61 Å². The Morgan fingerprint density at radius 1 is 0.943 bits per heavy atom. The van der Waals surface area contributed by atoms with Crippen molar-refractivity contribution in [3.63, 3.8) is 0 Å². The molecule has 0 radical (unpaired) electrons. The number of carbonyl (C=O) groups excluding carboxylic acids is 2. The Bertz CT molecular complexity index is 1330. The molecule has 1 aromatic heterocycles. The molecule has 0 unspecified atom stereocenters. The minimum Gasteiger partial charge on any atom is -0.491 e. The van der Waals surface area contributed by atoms with E-state index in [0.29, 0.717) is 57.4 Å². The normalized spacial score (nSPS) is 13.3. The molecule has 4 rings (SSSR count). The Kier molecular flexibility index (Phi) is 7.53. The first kappa shape index (κ1) is 25.3. The van der Waals surface area contributed by atoms with Crippen molar-refractivity contribution in [1.29, 1.82) is 0 Å². The molecule has 8 heteroatoms. The average molecular weight is 515 g/mol. The van der Waals surface area contributed by atoms with Gasteiger partial charge in [0.2, 0.25) is 0 Å². The standard InChI is InChI=1S/C27H28Cl2N2O4/c1-4-5-12-35-24-19-13-21(28)22(29)14-20(19)27(34)30(11-10-16(2)3)23(24)15-31-25(32)17-8-6-7-9-18(17)26(31)33/h6-9,13-14,16H,4-5,10-12,15H2,1-3H3. The highest BCUT2D eigenvalue weighted by atomic mass is 35.5. The van der Waals surface area contributed by atoms with Crippen molar-refractivity contribution in [3.8, 4) is 5.75 Å². The van der Waals surface area contributed by atoms with E-state index in [-0.39, 0.29) is 28.9 Å². The first-order valence-corrected chi connectivity index (χ1v) is 12.6. The van der Waals surface area contributed by atoms with Crippen LogP contribution in [0.2, 0.25) is 10.0 Å². The number of hydrogen-bond donors (Lipinski definition) is 0. The van der Waals surface area contributed by atoms with Crippen LogP contribution in [0.4, 0.5) is 0 Å². The topological polar surface area (TPSA) is 68.6 Å². The summed E-state index contributed by atoms with van der Waals surface area (Å²) in [5.74, 6) is 0.0133. The lowest BCUT2D eigenvalue weighted by atomic mass is 10.1. The SMILES string of the molecule is CCCCOc1c(CN2C(=O)c3ccccc3C2=O)n(CCC(C)C)c(=O)c2cc(Cl)c(Cl)cc12. The van der Waals surface area contributed by atoms with Crippen LogP contribution in [0.15, 0.2) is 41.2 Å². The molecule has 0 bridgehead atoms. The zero-order chi connectivity index (χ0) is 25.3. The molecular formula is C27H28Cl2N2O4. The van der Waals surface area contributed by atoms with Gasteiger partial charge < -0.3 is 9.30 Å². The lowest BCUT2D eigenvalue weighted by Crippen LogP contribution is -2.34. The van der Waals surface area contributed by atoms with Gasteiger partial charge >= 0.3 is 0 Å². The smallest absolute Gasteiger partial charge is 0.261 e. The quantitative estimate of drug-likeness (QED) is 0.247. The minimum atomic E-state index is -0.387. The maximum atomic E-state index is 13.7. The van der Waals surface area contributed by atoms with Crippen molar-refractivity contribution in [3.05, 3.63) is 73.6 Å². The summed E-state index contributed by atoms with van der Waals surface area (Å²) in [6.07, 6.45) is 2.46. The number of imide groups is 1. The Balaban J connectivity index is 1.92. The highest BCUT2D eigenvalue weighted by Crippen LogP contribution is 2.36. The molecule has 1 aliphatic heterocycles. The number of hydrogen-bond acceptors (Lipinski definition) is 4. The molecule has 3 aromatic rings. The van der Waals surface area contributed by atoms with E-state index in [0.717, 1.165) is 19.3 Å². The van der Waals surface area contributed by atoms with Gasteiger partial charge in [0.15, 0.2) is 0 Å². The predicted molar refractivity (Wildman–Crippen MR) is 139 cm³/mol. The van der Waals surface area contributed by atoms with E-state index in [9.17, 15) is 14.4 Å². The van der Waals surface area contributed by atoms with Crippen LogP contribution in [0, 0.1) is 5.92 Å². The number of amides is 2. The molecule has 0 saturated heterocycles. The summed E-state index contributed by atoms with van der Waals surface area (Å²) in [5, 5.41) is 1.48. The number of pyridine rings is 1. The van der Waals surface area contributed by atoms with E-state index in [4.69, 9.17) is 27.9 Å². The summed E-state index contributed by atoms with van der Waals surface area (Å²) < 4.78 is 7.86. The molecule has 1 aliphatic rings. The molecule has 0 N–H and O–H groups in total. The predicted octanol–water partition coefficient (Wildman–Crippen LogP) is 6.33. The summed E-state index contributed by atoms with van der Waals surface area (Å²) in [5.41, 5.74) is 0.941. The number of fused-ring (bicyclic) bond motifs is 2. The molecule has 0 spiro atoms. The molecule has 0 atom stereocenters. The van der Waals surface area contributed by atoms with Crippen LogP contribution in [-0.4, -0.2) is 27.9 Å². The van der Waals surface area contributed by atoms with Crippen LogP contribution in [0.3, 0.4) is 0 Å². The first-order valence-electron chi connectivity index (χ1n) is 11.9. The molecule has 0 fully saturated rings. The fourth-order valence-electron chi connectivity index (χ4n) is 4.25. The van der Waals surface area contributed by atoms with Crippen molar-refractivity contribution in [2.24, 2.45) is 5.92 Å². The van der Waals surface area contributed by atoms with Crippen LogP contribution in [0.1, 0.15) is 66.4 Å². The number of rotatable bonds is 9. The number of ether oxygens (including phenoxy) is 1. The van der Waals surface area contributed by atoms with Crippen LogP contribution >= 0.6 is 23.2 Å². The second-order valence-corrected chi connectivity index (χ2v) is 9.99. The molecule has 0 aliphatic carbocycles. The second-order valence-electron chi connectivity index (χ2n) is 9.17. The molecule has 184 valence electrons. The van der Waals surface area contributed by atoms with Gasteiger partial charge in [-0.2, -0.15) is 0 Å². The largest absolute Gasteiger partial charge is 0.491 e. The third-order valence-electron chi connectivity index (χ3n) is 6.23. The molecule has 2 heterocycles. The number of nitrogens with zero attached hydrogens (tertiary/aromatic N) is 2. The van der Waals surface area contributed by atoms with Gasteiger partial charge in [0.25, 0.3) is 17.4 Å². The Hall–Kier alpha value is -2.83. The van der Waals surface area contributed by atoms with Gasteiger partial charge in [-0.1, -0.05) is 62.5 Å². The summed E-state index contributed by atoms with van der Waals surface area (Å²) in [4.78, 5) is 41.2. The number of unbranched alkanes of at least 4 members (excludes halogenated alkanes) is 1. The van der Waals surface area contributed by atoms with Crippen LogP contribution < -0.4 is 10.3 Å². The highest BCUT2D eigenvalue weighted by Gasteiger charge is 2.36. The van der Waals surface area contributed by atoms with Gasteiger partial charge in [-0.05, 0) is 43.0 Å². The molecule has 0 saturated carbocycles. The Morgan fingerprint density at radius 2 is 1.54 bits per heavy atom. The van der Waals surface area contributed by atoms with Crippen molar-refractivity contribution >= 4 is 45.8 Å². The van der Waals surface area contributed by atoms with Crippen molar-refractivity contribution in [1.82, 2.24) is 9.47 Å². The maximum absolute atomic E-state index is 13.7. The van der Waals surface area contributed by atoms with Crippen LogP contribution in [0.25, 0.3) is 10.8 Å². The zero-order valence-corrected chi connectivity index (χ0v) is 21.6. The van der Waals surface area contributed by atoms with E-state index in [1.54, 1.807) is 41.0 Å². The monoisotopic (exact) mass is 514 g/mol. The average Bonchev–Trinajstić information content (AvgIpc) is 3.07. The lowest BCUT2D eigenvalue weighted by Gasteiger charge is -2.24. The fraction of sp³-hybridized carbons (Fsp3) is 0.370. The molecule has 2 aromatic carbocycles. The van der Waals surface area contributed by atoms with E-state index < -0.39 is 0 Å². The molecule has 2 amide bonds. The molecule has 35 heavy (non-hydrogen) atoms. The van der Waals surface area contributed by atoms with Gasteiger partial charge in [0.1, 0.15) is 5.75 Å². The van der Waals surface area contributed by atoms with Gasteiger partial charge in [0.05, 0.1) is 45.4 Å². The van der Waals surface area contributed by atoms with Gasteiger partial charge in [-0.25, -0.2) is 0 Å². The number of halogens is 2.